The van der Waals surface area contributed by atoms with E-state index in [9.17, 15) is 4.79 Å². The van der Waals surface area contributed by atoms with Crippen molar-refractivity contribution in [1.82, 2.24) is 5.32 Å². The van der Waals surface area contributed by atoms with Crippen LogP contribution in [-0.2, 0) is 11.2 Å². The average molecular weight is 269 g/mol. The molecule has 0 unspecified atom stereocenters. The molecule has 0 aliphatic heterocycles. The standard InChI is InChI=1S/C17H19NO2/c1-14-7-5-6-10-16(14)20-13-17(19)18-12-11-15-8-3-2-4-9-15/h2-10H,11-13H2,1H3,(H,18,19). The summed E-state index contributed by atoms with van der Waals surface area (Å²) in [7, 11) is 0. The number of carbonyl (C=O) groups is 1. The van der Waals surface area contributed by atoms with Crippen LogP contribution in [0.1, 0.15) is 11.1 Å². The monoisotopic (exact) mass is 269 g/mol. The summed E-state index contributed by atoms with van der Waals surface area (Å²) < 4.78 is 5.49. The number of benzene rings is 2. The fourth-order valence-electron chi connectivity index (χ4n) is 1.90. The molecule has 0 heterocycles. The first-order valence-electron chi connectivity index (χ1n) is 6.75. The molecule has 0 aliphatic carbocycles. The van der Waals surface area contributed by atoms with Crippen molar-refractivity contribution < 1.29 is 9.53 Å². The van der Waals surface area contributed by atoms with Gasteiger partial charge in [-0.3, -0.25) is 4.79 Å². The van der Waals surface area contributed by atoms with Crippen LogP contribution in [0, 0.1) is 6.92 Å². The summed E-state index contributed by atoms with van der Waals surface area (Å²) in [6.07, 6.45) is 0.830. The van der Waals surface area contributed by atoms with E-state index in [4.69, 9.17) is 4.74 Å². The summed E-state index contributed by atoms with van der Waals surface area (Å²) in [5, 5.41) is 2.86. The lowest BCUT2D eigenvalue weighted by Gasteiger charge is -2.09. The molecule has 0 spiro atoms. The molecule has 104 valence electrons. The van der Waals surface area contributed by atoms with E-state index in [2.05, 4.69) is 17.4 Å². The van der Waals surface area contributed by atoms with Crippen molar-refractivity contribution in [1.29, 1.82) is 0 Å². The molecular formula is C17H19NO2. The van der Waals surface area contributed by atoms with Crippen LogP contribution in [0.5, 0.6) is 5.75 Å². The number of aryl methyl sites for hydroxylation is 1. The maximum Gasteiger partial charge on any atom is 0.257 e. The molecule has 3 nitrogen and oxygen atoms in total. The predicted octanol–water partition coefficient (Wildman–Crippen LogP) is 2.73. The van der Waals surface area contributed by atoms with E-state index in [0.717, 1.165) is 17.7 Å². The topological polar surface area (TPSA) is 38.3 Å². The number of nitrogens with one attached hydrogen (secondary N) is 1. The van der Waals surface area contributed by atoms with Crippen LogP contribution in [0.3, 0.4) is 0 Å². The van der Waals surface area contributed by atoms with Gasteiger partial charge in [-0.1, -0.05) is 48.5 Å². The first-order chi connectivity index (χ1) is 9.75. The van der Waals surface area contributed by atoms with E-state index in [0.29, 0.717) is 6.54 Å². The van der Waals surface area contributed by atoms with E-state index < -0.39 is 0 Å². The summed E-state index contributed by atoms with van der Waals surface area (Å²) in [4.78, 5) is 11.7. The molecule has 0 fully saturated rings. The predicted molar refractivity (Wildman–Crippen MR) is 79.8 cm³/mol. The third-order valence-corrected chi connectivity index (χ3v) is 3.03. The van der Waals surface area contributed by atoms with E-state index in [1.807, 2.05) is 49.4 Å². The number of ether oxygens (including phenoxy) is 1. The second kappa shape index (κ2) is 7.34. The third-order valence-electron chi connectivity index (χ3n) is 3.03. The van der Waals surface area contributed by atoms with Crippen LogP contribution in [0.2, 0.25) is 0 Å². The van der Waals surface area contributed by atoms with Crippen LogP contribution in [0.4, 0.5) is 0 Å². The zero-order valence-corrected chi connectivity index (χ0v) is 11.6. The maximum atomic E-state index is 11.7. The number of amides is 1. The lowest BCUT2D eigenvalue weighted by Crippen LogP contribution is -2.30. The normalized spacial score (nSPS) is 10.1. The Morgan fingerprint density at radius 3 is 2.50 bits per heavy atom. The van der Waals surface area contributed by atoms with Gasteiger partial charge in [0.2, 0.25) is 0 Å². The average Bonchev–Trinajstić information content (AvgIpc) is 2.47. The molecule has 1 amide bonds. The molecule has 2 aromatic rings. The third kappa shape index (κ3) is 4.43. The van der Waals surface area contributed by atoms with Gasteiger partial charge in [-0.15, -0.1) is 0 Å². The van der Waals surface area contributed by atoms with E-state index in [1.165, 1.54) is 5.56 Å². The molecule has 1 N–H and O–H groups in total. The van der Waals surface area contributed by atoms with Gasteiger partial charge in [0.1, 0.15) is 5.75 Å². The minimum Gasteiger partial charge on any atom is -0.484 e. The van der Waals surface area contributed by atoms with Crippen molar-refractivity contribution in [2.45, 2.75) is 13.3 Å². The Labute approximate surface area is 119 Å². The molecule has 0 atom stereocenters. The Hall–Kier alpha value is -2.29. The molecule has 3 heteroatoms. The van der Waals surface area contributed by atoms with Crippen molar-refractivity contribution in [3.05, 3.63) is 65.7 Å². The molecule has 0 aromatic heterocycles. The Balaban J connectivity index is 1.70. The van der Waals surface area contributed by atoms with E-state index >= 15 is 0 Å². The summed E-state index contributed by atoms with van der Waals surface area (Å²) >= 11 is 0. The molecule has 2 aromatic carbocycles. The SMILES string of the molecule is Cc1ccccc1OCC(=O)NCCc1ccccc1. The maximum absolute atomic E-state index is 11.7. The molecule has 20 heavy (non-hydrogen) atoms. The van der Waals surface area contributed by atoms with Crippen molar-refractivity contribution >= 4 is 5.91 Å². The van der Waals surface area contributed by atoms with Crippen LogP contribution in [0.15, 0.2) is 54.6 Å². The van der Waals surface area contributed by atoms with Crippen molar-refractivity contribution in [3.8, 4) is 5.75 Å². The largest absolute Gasteiger partial charge is 0.484 e. The van der Waals surface area contributed by atoms with Gasteiger partial charge >= 0.3 is 0 Å². The number of para-hydroxylation sites is 1. The molecule has 0 radical (unpaired) electrons. The fraction of sp³-hybridized carbons (Fsp3) is 0.235. The van der Waals surface area contributed by atoms with Crippen LogP contribution in [0.25, 0.3) is 0 Å². The van der Waals surface area contributed by atoms with Gasteiger partial charge in [0.15, 0.2) is 6.61 Å². The summed E-state index contributed by atoms with van der Waals surface area (Å²) in [5.74, 6) is 0.662. The van der Waals surface area contributed by atoms with Gasteiger partial charge in [-0.2, -0.15) is 0 Å². The highest BCUT2D eigenvalue weighted by atomic mass is 16.5. The second-order valence-electron chi connectivity index (χ2n) is 4.64. The number of rotatable bonds is 6. The Morgan fingerprint density at radius 2 is 1.75 bits per heavy atom. The lowest BCUT2D eigenvalue weighted by molar-refractivity contribution is -0.123. The van der Waals surface area contributed by atoms with Gasteiger partial charge in [-0.05, 0) is 30.5 Å². The molecule has 0 saturated carbocycles. The smallest absolute Gasteiger partial charge is 0.257 e. The Kier molecular flexibility index (Phi) is 5.18. The van der Waals surface area contributed by atoms with Gasteiger partial charge in [0.25, 0.3) is 5.91 Å². The van der Waals surface area contributed by atoms with Crippen LogP contribution < -0.4 is 10.1 Å². The van der Waals surface area contributed by atoms with Gasteiger partial charge < -0.3 is 10.1 Å². The number of carbonyl (C=O) groups excluding carboxylic acids is 1. The minimum atomic E-state index is -0.0933. The minimum absolute atomic E-state index is 0.0552. The first-order valence-corrected chi connectivity index (χ1v) is 6.75. The fourth-order valence-corrected chi connectivity index (χ4v) is 1.90. The zero-order valence-electron chi connectivity index (χ0n) is 11.6. The molecular weight excluding hydrogens is 250 g/mol. The van der Waals surface area contributed by atoms with Gasteiger partial charge in [-0.25, -0.2) is 0 Å². The van der Waals surface area contributed by atoms with E-state index in [-0.39, 0.29) is 12.5 Å². The van der Waals surface area contributed by atoms with Gasteiger partial charge in [0, 0.05) is 6.54 Å². The molecule has 0 aliphatic rings. The Bertz CT molecular complexity index is 552. The highest BCUT2D eigenvalue weighted by molar-refractivity contribution is 5.77. The van der Waals surface area contributed by atoms with Crippen molar-refractivity contribution in [3.63, 3.8) is 0 Å². The van der Waals surface area contributed by atoms with Crippen LogP contribution >= 0.6 is 0 Å². The first kappa shape index (κ1) is 14.1. The molecule has 2 rings (SSSR count). The summed E-state index contributed by atoms with van der Waals surface area (Å²) in [5.41, 5.74) is 2.25. The lowest BCUT2D eigenvalue weighted by atomic mass is 10.1. The van der Waals surface area contributed by atoms with Gasteiger partial charge in [0.05, 0.1) is 0 Å². The number of hydrogen-bond donors (Lipinski definition) is 1. The second-order valence-corrected chi connectivity index (χ2v) is 4.64. The van der Waals surface area contributed by atoms with Crippen molar-refractivity contribution in [2.24, 2.45) is 0 Å². The van der Waals surface area contributed by atoms with Crippen LogP contribution in [-0.4, -0.2) is 19.1 Å². The highest BCUT2D eigenvalue weighted by Crippen LogP contribution is 2.15. The summed E-state index contributed by atoms with van der Waals surface area (Å²) in [6.45, 7) is 2.64. The molecule has 0 saturated heterocycles. The highest BCUT2D eigenvalue weighted by Gasteiger charge is 2.03. The Morgan fingerprint density at radius 1 is 1.05 bits per heavy atom. The zero-order chi connectivity index (χ0) is 14.2. The van der Waals surface area contributed by atoms with E-state index in [1.54, 1.807) is 0 Å². The quantitative estimate of drug-likeness (QED) is 0.875. The summed E-state index contributed by atoms with van der Waals surface area (Å²) in [6, 6.07) is 17.8. The number of hydrogen-bond acceptors (Lipinski definition) is 2. The van der Waals surface area contributed by atoms with Crippen molar-refractivity contribution in [2.75, 3.05) is 13.2 Å². The molecule has 0 bridgehead atoms.